The summed E-state index contributed by atoms with van der Waals surface area (Å²) in [5.41, 5.74) is 1.74. The maximum absolute atomic E-state index is 11.3. The van der Waals surface area contributed by atoms with Gasteiger partial charge in [0.1, 0.15) is 0 Å². The van der Waals surface area contributed by atoms with Crippen LogP contribution in [-0.2, 0) is 17.4 Å². The number of nitro benzene ring substituents is 1. The molecule has 0 saturated heterocycles. The number of nitro groups is 1. The van der Waals surface area contributed by atoms with Gasteiger partial charge in [-0.3, -0.25) is 10.1 Å². The van der Waals surface area contributed by atoms with Crippen LogP contribution in [0.2, 0.25) is 18.1 Å². The van der Waals surface area contributed by atoms with Crippen LogP contribution < -0.4 is 0 Å². The van der Waals surface area contributed by atoms with Crippen LogP contribution in [0.15, 0.2) is 30.7 Å². The summed E-state index contributed by atoms with van der Waals surface area (Å²) >= 11 is 0. The van der Waals surface area contributed by atoms with Crippen LogP contribution in [-0.4, -0.2) is 29.4 Å². The molecule has 0 aliphatic rings. The smallest absolute Gasteiger partial charge is 0.275 e. The monoisotopic (exact) mass is 386 g/mol. The van der Waals surface area contributed by atoms with Crippen molar-refractivity contribution in [3.05, 3.63) is 57.7 Å². The Kier molecular flexibility index (Phi) is 6.18. The van der Waals surface area contributed by atoms with Crippen molar-refractivity contribution in [3.8, 4) is 6.07 Å². The SMILES string of the molecule is CC(C)(C)[Si](C)(C)OCCc1cncn1Cc1ccc(C#N)cc1[N+](=O)[O-]. The summed E-state index contributed by atoms with van der Waals surface area (Å²) in [4.78, 5) is 15.1. The van der Waals surface area contributed by atoms with Crippen molar-refractivity contribution in [2.45, 2.75) is 51.9 Å². The van der Waals surface area contributed by atoms with E-state index in [1.54, 1.807) is 24.7 Å². The molecular formula is C19H26N4O3Si. The molecule has 1 heterocycles. The average Bonchev–Trinajstić information content (AvgIpc) is 3.01. The number of hydrogen-bond acceptors (Lipinski definition) is 5. The number of rotatable bonds is 7. The lowest BCUT2D eigenvalue weighted by Gasteiger charge is -2.36. The second kappa shape index (κ2) is 8.02. The Hall–Kier alpha value is -2.50. The van der Waals surface area contributed by atoms with E-state index in [0.29, 0.717) is 25.1 Å². The first-order valence-electron chi connectivity index (χ1n) is 8.85. The van der Waals surface area contributed by atoms with Crippen LogP contribution in [0.4, 0.5) is 5.69 Å². The van der Waals surface area contributed by atoms with E-state index >= 15 is 0 Å². The van der Waals surface area contributed by atoms with Crippen molar-refractivity contribution in [3.63, 3.8) is 0 Å². The minimum atomic E-state index is -1.81. The van der Waals surface area contributed by atoms with Gasteiger partial charge in [0.05, 0.1) is 29.4 Å². The third-order valence-electron chi connectivity index (χ3n) is 5.18. The molecule has 0 unspecified atom stereocenters. The van der Waals surface area contributed by atoms with Crippen LogP contribution >= 0.6 is 0 Å². The van der Waals surface area contributed by atoms with Crippen molar-refractivity contribution in [2.75, 3.05) is 6.61 Å². The molecule has 1 aromatic carbocycles. The van der Waals surface area contributed by atoms with Crippen LogP contribution in [0.3, 0.4) is 0 Å². The van der Waals surface area contributed by atoms with E-state index in [1.807, 2.05) is 10.6 Å². The number of nitriles is 1. The van der Waals surface area contributed by atoms with Crippen LogP contribution in [0.1, 0.15) is 37.6 Å². The highest BCUT2D eigenvalue weighted by Gasteiger charge is 2.36. The molecule has 1 aromatic heterocycles. The first-order valence-corrected chi connectivity index (χ1v) is 11.8. The predicted octanol–water partition coefficient (Wildman–Crippen LogP) is 4.28. The molecule has 0 radical (unpaired) electrons. The first kappa shape index (κ1) is 20.8. The fraction of sp³-hybridized carbons (Fsp3) is 0.474. The summed E-state index contributed by atoms with van der Waals surface area (Å²) in [6.45, 7) is 12.0. The highest BCUT2D eigenvalue weighted by molar-refractivity contribution is 6.74. The van der Waals surface area contributed by atoms with Crippen LogP contribution in [0.25, 0.3) is 0 Å². The van der Waals surface area contributed by atoms with Gasteiger partial charge < -0.3 is 8.99 Å². The summed E-state index contributed by atoms with van der Waals surface area (Å²) in [6.07, 6.45) is 4.13. The zero-order valence-electron chi connectivity index (χ0n) is 16.5. The molecule has 0 amide bonds. The Morgan fingerprint density at radius 3 is 2.67 bits per heavy atom. The van der Waals surface area contributed by atoms with Gasteiger partial charge in [-0.25, -0.2) is 4.98 Å². The molecule has 0 aliphatic heterocycles. The number of hydrogen-bond donors (Lipinski definition) is 0. The maximum Gasteiger partial charge on any atom is 0.275 e. The minimum Gasteiger partial charge on any atom is -0.416 e. The van der Waals surface area contributed by atoms with Gasteiger partial charge in [-0.1, -0.05) is 20.8 Å². The van der Waals surface area contributed by atoms with E-state index in [2.05, 4.69) is 38.8 Å². The fourth-order valence-electron chi connectivity index (χ4n) is 2.45. The van der Waals surface area contributed by atoms with E-state index in [4.69, 9.17) is 9.69 Å². The average molecular weight is 387 g/mol. The van der Waals surface area contributed by atoms with Gasteiger partial charge in [0.2, 0.25) is 0 Å². The van der Waals surface area contributed by atoms with Gasteiger partial charge in [-0.15, -0.1) is 0 Å². The lowest BCUT2D eigenvalue weighted by Crippen LogP contribution is -2.41. The molecule has 0 bridgehead atoms. The molecule has 0 N–H and O–H groups in total. The normalized spacial score (nSPS) is 12.0. The molecule has 144 valence electrons. The quantitative estimate of drug-likeness (QED) is 0.402. The van der Waals surface area contributed by atoms with Gasteiger partial charge in [0.25, 0.3) is 5.69 Å². The number of aromatic nitrogens is 2. The topological polar surface area (TPSA) is 94.0 Å². The molecule has 0 fully saturated rings. The van der Waals surface area contributed by atoms with Gasteiger partial charge in [0, 0.05) is 36.5 Å². The summed E-state index contributed by atoms with van der Waals surface area (Å²) in [6, 6.07) is 6.48. The molecule has 2 aromatic rings. The fourth-order valence-corrected chi connectivity index (χ4v) is 3.49. The van der Waals surface area contributed by atoms with E-state index in [9.17, 15) is 10.1 Å². The Morgan fingerprint density at radius 2 is 2.07 bits per heavy atom. The second-order valence-electron chi connectivity index (χ2n) is 8.08. The minimum absolute atomic E-state index is 0.0498. The van der Waals surface area contributed by atoms with E-state index in [-0.39, 0.29) is 16.3 Å². The predicted molar refractivity (Wildman–Crippen MR) is 106 cm³/mol. The zero-order chi connectivity index (χ0) is 20.2. The largest absolute Gasteiger partial charge is 0.416 e. The Bertz CT molecular complexity index is 863. The molecule has 0 atom stereocenters. The lowest BCUT2D eigenvalue weighted by molar-refractivity contribution is -0.385. The standard InChI is InChI=1S/C19H26N4O3Si/c1-19(2,3)27(4,5)26-9-8-17-12-21-14-22(17)13-16-7-6-15(11-20)10-18(16)23(24)25/h6-7,10,12,14H,8-9,13H2,1-5H3. The maximum atomic E-state index is 11.3. The van der Waals surface area contributed by atoms with Gasteiger partial charge in [0.15, 0.2) is 8.32 Å². The molecule has 2 rings (SSSR count). The second-order valence-corrected chi connectivity index (χ2v) is 12.9. The van der Waals surface area contributed by atoms with Crippen LogP contribution in [0, 0.1) is 21.4 Å². The van der Waals surface area contributed by atoms with Crippen molar-refractivity contribution in [1.82, 2.24) is 9.55 Å². The number of nitrogens with zero attached hydrogens (tertiary/aromatic N) is 4. The Morgan fingerprint density at radius 1 is 1.37 bits per heavy atom. The summed E-state index contributed by atoms with van der Waals surface area (Å²) < 4.78 is 8.11. The summed E-state index contributed by atoms with van der Waals surface area (Å²) in [7, 11) is -1.81. The molecule has 0 saturated carbocycles. The van der Waals surface area contributed by atoms with Gasteiger partial charge >= 0.3 is 0 Å². The molecule has 0 spiro atoms. The molecule has 7 nitrogen and oxygen atoms in total. The van der Waals surface area contributed by atoms with Crippen molar-refractivity contribution in [2.24, 2.45) is 0 Å². The third kappa shape index (κ3) is 5.02. The lowest BCUT2D eigenvalue weighted by atomic mass is 10.1. The van der Waals surface area contributed by atoms with Crippen molar-refractivity contribution in [1.29, 1.82) is 5.26 Å². The third-order valence-corrected chi connectivity index (χ3v) is 9.72. The molecule has 8 heteroatoms. The molecule has 27 heavy (non-hydrogen) atoms. The van der Waals surface area contributed by atoms with Gasteiger partial charge in [-0.05, 0) is 30.3 Å². The van der Waals surface area contributed by atoms with Crippen molar-refractivity contribution >= 4 is 14.0 Å². The number of benzene rings is 1. The van der Waals surface area contributed by atoms with E-state index < -0.39 is 13.2 Å². The highest BCUT2D eigenvalue weighted by Crippen LogP contribution is 2.36. The summed E-state index contributed by atoms with van der Waals surface area (Å²) in [5, 5.41) is 20.4. The van der Waals surface area contributed by atoms with Gasteiger partial charge in [-0.2, -0.15) is 5.26 Å². The highest BCUT2D eigenvalue weighted by atomic mass is 28.4. The first-order chi connectivity index (χ1) is 12.5. The van der Waals surface area contributed by atoms with Crippen LogP contribution in [0.5, 0.6) is 0 Å². The molecular weight excluding hydrogens is 360 g/mol. The van der Waals surface area contributed by atoms with E-state index in [1.165, 1.54) is 6.07 Å². The van der Waals surface area contributed by atoms with Crippen molar-refractivity contribution < 1.29 is 9.35 Å². The summed E-state index contributed by atoms with van der Waals surface area (Å²) in [5.74, 6) is 0. The van der Waals surface area contributed by atoms with E-state index in [0.717, 1.165) is 5.69 Å². The molecule has 0 aliphatic carbocycles. The Balaban J connectivity index is 2.12. The zero-order valence-corrected chi connectivity index (χ0v) is 17.5. The Labute approximate surface area is 160 Å². The number of imidazole rings is 1.